The molecule has 0 radical (unpaired) electrons. The van der Waals surface area contributed by atoms with E-state index in [-0.39, 0.29) is 34.5 Å². The van der Waals surface area contributed by atoms with Crippen LogP contribution in [0.2, 0.25) is 0 Å². The maximum Gasteiger partial charge on any atom is 0.238 e. The van der Waals surface area contributed by atoms with Crippen LogP contribution in [-0.2, 0) is 20.0 Å². The maximum absolute atomic E-state index is 14.0. The number of carbonyl (C=O) groups is 1. The number of halogens is 1. The van der Waals surface area contributed by atoms with E-state index in [1.807, 2.05) is 0 Å². The third-order valence-corrected chi connectivity index (χ3v) is 6.04. The Bertz CT molecular complexity index is 994. The number of anilines is 1. The lowest BCUT2D eigenvalue weighted by Crippen LogP contribution is -2.34. The molecule has 2 rings (SSSR count). The summed E-state index contributed by atoms with van der Waals surface area (Å²) in [6.07, 6.45) is 1.03. The molecule has 1 amide bonds. The van der Waals surface area contributed by atoms with Crippen LogP contribution in [0.25, 0.3) is 0 Å². The second-order valence-electron chi connectivity index (χ2n) is 8.94. The molecule has 164 valence electrons. The molecule has 0 saturated heterocycles. The van der Waals surface area contributed by atoms with Gasteiger partial charge in [-0.05, 0) is 40.7 Å². The van der Waals surface area contributed by atoms with E-state index in [4.69, 9.17) is 0 Å². The van der Waals surface area contributed by atoms with E-state index in [0.29, 0.717) is 0 Å². The van der Waals surface area contributed by atoms with E-state index in [1.54, 1.807) is 0 Å². The van der Waals surface area contributed by atoms with Crippen LogP contribution in [0, 0.1) is 11.7 Å². The summed E-state index contributed by atoms with van der Waals surface area (Å²) in [5.74, 6) is -0.908. The predicted octanol–water partition coefficient (Wildman–Crippen LogP) is 4.45. The summed E-state index contributed by atoms with van der Waals surface area (Å²) in [7, 11) is -3.50. The largest absolute Gasteiger partial charge is 0.322 e. The summed E-state index contributed by atoms with van der Waals surface area (Å²) >= 11 is 0. The van der Waals surface area contributed by atoms with E-state index >= 15 is 0 Å². The van der Waals surface area contributed by atoms with Gasteiger partial charge < -0.3 is 10.6 Å². The highest BCUT2D eigenvalue weighted by Gasteiger charge is 2.19. The van der Waals surface area contributed by atoms with Gasteiger partial charge in [-0.1, -0.05) is 58.9 Å². The van der Waals surface area contributed by atoms with Crippen molar-refractivity contribution < 1.29 is 17.6 Å². The number of nitrogens with one attached hydrogen (secondary N) is 2. The standard InChI is InChI=1S/C23H31FN2O3S/c1-15(2)22(16-7-9-17(10-8-16)23(3,4)5)25-14-21(27)26-20-13-18(30(6,28)29)11-12-19(20)24/h7-13,15,22,25H,14H2,1-6H3,(H,26,27)/t22-/m0/s1. The summed E-state index contributed by atoms with van der Waals surface area (Å²) in [5, 5.41) is 5.68. The molecule has 0 spiro atoms. The van der Waals surface area contributed by atoms with Gasteiger partial charge in [0.05, 0.1) is 17.1 Å². The molecule has 7 heteroatoms. The monoisotopic (exact) mass is 434 g/mol. The van der Waals surface area contributed by atoms with Crippen LogP contribution in [0.4, 0.5) is 10.1 Å². The fourth-order valence-electron chi connectivity index (χ4n) is 3.16. The zero-order chi connectivity index (χ0) is 22.7. The van der Waals surface area contributed by atoms with E-state index in [0.717, 1.165) is 24.0 Å². The molecule has 0 aliphatic rings. The predicted molar refractivity (Wildman–Crippen MR) is 119 cm³/mol. The summed E-state index contributed by atoms with van der Waals surface area (Å²) in [6.45, 7) is 10.5. The summed E-state index contributed by atoms with van der Waals surface area (Å²) in [4.78, 5) is 12.3. The zero-order valence-corrected chi connectivity index (χ0v) is 19.2. The van der Waals surface area contributed by atoms with Crippen molar-refractivity contribution in [3.63, 3.8) is 0 Å². The average molecular weight is 435 g/mol. The lowest BCUT2D eigenvalue weighted by Gasteiger charge is -2.25. The molecule has 0 aliphatic heterocycles. The Morgan fingerprint density at radius 3 is 2.17 bits per heavy atom. The molecule has 30 heavy (non-hydrogen) atoms. The number of sulfone groups is 1. The molecule has 2 aromatic rings. The van der Waals surface area contributed by atoms with Crippen LogP contribution in [0.5, 0.6) is 0 Å². The van der Waals surface area contributed by atoms with Gasteiger partial charge in [-0.25, -0.2) is 12.8 Å². The fourth-order valence-corrected chi connectivity index (χ4v) is 3.80. The molecular formula is C23H31FN2O3S. The van der Waals surface area contributed by atoms with E-state index < -0.39 is 21.6 Å². The molecule has 2 aromatic carbocycles. The topological polar surface area (TPSA) is 75.3 Å². The lowest BCUT2D eigenvalue weighted by molar-refractivity contribution is -0.115. The molecule has 0 saturated carbocycles. The molecule has 0 heterocycles. The molecule has 0 aliphatic carbocycles. The third-order valence-electron chi connectivity index (χ3n) is 4.93. The Morgan fingerprint density at radius 2 is 1.67 bits per heavy atom. The van der Waals surface area contributed by atoms with E-state index in [1.165, 1.54) is 11.6 Å². The van der Waals surface area contributed by atoms with Gasteiger partial charge in [0.2, 0.25) is 5.91 Å². The van der Waals surface area contributed by atoms with Crippen molar-refractivity contribution in [3.8, 4) is 0 Å². The minimum Gasteiger partial charge on any atom is -0.322 e. The van der Waals surface area contributed by atoms with Crippen molar-refractivity contribution in [3.05, 3.63) is 59.4 Å². The highest BCUT2D eigenvalue weighted by molar-refractivity contribution is 7.90. The number of benzene rings is 2. The second-order valence-corrected chi connectivity index (χ2v) is 11.0. The first-order valence-electron chi connectivity index (χ1n) is 9.92. The molecule has 1 atom stereocenters. The Hall–Kier alpha value is -2.25. The Kier molecular flexibility index (Phi) is 7.42. The van der Waals surface area contributed by atoms with Crippen LogP contribution in [-0.4, -0.2) is 27.1 Å². The molecule has 2 N–H and O–H groups in total. The van der Waals surface area contributed by atoms with E-state index in [2.05, 4.69) is 69.5 Å². The van der Waals surface area contributed by atoms with Gasteiger partial charge in [-0.2, -0.15) is 0 Å². The number of rotatable bonds is 7. The first kappa shape index (κ1) is 24.0. The van der Waals surface area contributed by atoms with Gasteiger partial charge in [0, 0.05) is 12.3 Å². The Labute approximate surface area is 179 Å². The molecule has 0 bridgehead atoms. The van der Waals surface area contributed by atoms with Crippen molar-refractivity contribution in [2.24, 2.45) is 5.92 Å². The van der Waals surface area contributed by atoms with Gasteiger partial charge in [-0.3, -0.25) is 4.79 Å². The van der Waals surface area contributed by atoms with Crippen LogP contribution in [0.3, 0.4) is 0 Å². The van der Waals surface area contributed by atoms with Crippen molar-refractivity contribution in [2.75, 3.05) is 18.1 Å². The first-order valence-corrected chi connectivity index (χ1v) is 11.8. The minimum absolute atomic E-state index is 0.0353. The van der Waals surface area contributed by atoms with Gasteiger partial charge in [-0.15, -0.1) is 0 Å². The van der Waals surface area contributed by atoms with Crippen LogP contribution >= 0.6 is 0 Å². The van der Waals surface area contributed by atoms with Gasteiger partial charge in [0.25, 0.3) is 0 Å². The second kappa shape index (κ2) is 9.27. The van der Waals surface area contributed by atoms with E-state index in [9.17, 15) is 17.6 Å². The number of carbonyl (C=O) groups excluding carboxylic acids is 1. The van der Waals surface area contributed by atoms with Gasteiger partial charge in [0.15, 0.2) is 9.84 Å². The fraction of sp³-hybridized carbons (Fsp3) is 0.435. The van der Waals surface area contributed by atoms with Crippen LogP contribution in [0.1, 0.15) is 51.8 Å². The zero-order valence-electron chi connectivity index (χ0n) is 18.4. The molecule has 0 unspecified atom stereocenters. The quantitative estimate of drug-likeness (QED) is 0.631. The van der Waals surface area contributed by atoms with Crippen molar-refractivity contribution >= 4 is 21.4 Å². The highest BCUT2D eigenvalue weighted by atomic mass is 32.2. The number of hydrogen-bond acceptors (Lipinski definition) is 4. The Balaban J connectivity index is 2.09. The van der Waals surface area contributed by atoms with Crippen LogP contribution in [0.15, 0.2) is 47.4 Å². The normalized spacial score (nSPS) is 13.3. The van der Waals surface area contributed by atoms with Gasteiger partial charge in [0.1, 0.15) is 5.82 Å². The SMILES string of the molecule is CC(C)[C@H](NCC(=O)Nc1cc(S(C)(=O)=O)ccc1F)c1ccc(C(C)(C)C)cc1. The first-order chi connectivity index (χ1) is 13.8. The average Bonchev–Trinajstić information content (AvgIpc) is 2.62. The number of hydrogen-bond donors (Lipinski definition) is 2. The molecule has 0 aromatic heterocycles. The minimum atomic E-state index is -3.50. The molecule has 0 fully saturated rings. The summed E-state index contributed by atoms with van der Waals surface area (Å²) in [5.41, 5.74) is 2.20. The smallest absolute Gasteiger partial charge is 0.238 e. The third kappa shape index (κ3) is 6.37. The lowest BCUT2D eigenvalue weighted by atomic mass is 9.85. The van der Waals surface area contributed by atoms with Crippen molar-refractivity contribution in [1.29, 1.82) is 0 Å². The highest BCUT2D eigenvalue weighted by Crippen LogP contribution is 2.27. The molecule has 5 nitrogen and oxygen atoms in total. The van der Waals surface area contributed by atoms with Gasteiger partial charge >= 0.3 is 0 Å². The van der Waals surface area contributed by atoms with Crippen molar-refractivity contribution in [1.82, 2.24) is 5.32 Å². The molecular weight excluding hydrogens is 403 g/mol. The maximum atomic E-state index is 14.0. The Morgan fingerprint density at radius 1 is 1.07 bits per heavy atom. The van der Waals surface area contributed by atoms with Crippen LogP contribution < -0.4 is 10.6 Å². The summed E-state index contributed by atoms with van der Waals surface area (Å²) in [6, 6.07) is 11.6. The number of amides is 1. The van der Waals surface area contributed by atoms with Crippen molar-refractivity contribution in [2.45, 2.75) is 51.0 Å². The summed E-state index contributed by atoms with van der Waals surface area (Å²) < 4.78 is 37.3.